The van der Waals surface area contributed by atoms with Gasteiger partial charge in [0.25, 0.3) is 11.1 Å². The first-order valence-corrected chi connectivity index (χ1v) is 8.35. The third-order valence-corrected chi connectivity index (χ3v) is 4.42. The lowest BCUT2D eigenvalue weighted by Gasteiger charge is -2.15. The monoisotopic (exact) mass is 345 g/mol. The SMILES string of the molecule is C#CCN1C(=O)S/C(=C\c2ccc(O[C@@H](C)CC)c(OC)c2)C1=O. The standard InChI is InChI=1S/C18H19NO4S/c1-5-9-19-17(20)16(24-18(19)21)11-13-7-8-14(15(10-13)22-4)23-12(3)6-2/h1,7-8,10-12H,6,9H2,2-4H3/b16-11-/t12-/m0/s1. The number of methoxy groups -OCH3 is 1. The molecule has 1 fully saturated rings. The highest BCUT2D eigenvalue weighted by Crippen LogP contribution is 2.34. The molecule has 1 aromatic rings. The predicted molar refractivity (Wildman–Crippen MR) is 94.9 cm³/mol. The molecule has 0 saturated carbocycles. The Hall–Kier alpha value is -2.39. The highest BCUT2D eigenvalue weighted by Gasteiger charge is 2.34. The molecule has 0 N–H and O–H groups in total. The van der Waals surface area contributed by atoms with Crippen LogP contribution in [-0.4, -0.2) is 35.8 Å². The summed E-state index contributed by atoms with van der Waals surface area (Å²) < 4.78 is 11.1. The summed E-state index contributed by atoms with van der Waals surface area (Å²) in [6.07, 6.45) is 7.79. The van der Waals surface area contributed by atoms with Gasteiger partial charge >= 0.3 is 0 Å². The minimum Gasteiger partial charge on any atom is -0.493 e. The number of imide groups is 1. The molecule has 1 aliphatic rings. The largest absolute Gasteiger partial charge is 0.493 e. The molecular weight excluding hydrogens is 326 g/mol. The predicted octanol–water partition coefficient (Wildman–Crippen LogP) is 3.54. The van der Waals surface area contributed by atoms with Crippen LogP contribution in [0.3, 0.4) is 0 Å². The van der Waals surface area contributed by atoms with E-state index in [1.165, 1.54) is 0 Å². The van der Waals surface area contributed by atoms with Gasteiger partial charge in [-0.2, -0.15) is 0 Å². The van der Waals surface area contributed by atoms with Crippen LogP contribution >= 0.6 is 11.8 Å². The first kappa shape index (κ1) is 18.0. The zero-order valence-electron chi connectivity index (χ0n) is 13.9. The quantitative estimate of drug-likeness (QED) is 0.583. The second-order valence-corrected chi connectivity index (χ2v) is 6.21. The summed E-state index contributed by atoms with van der Waals surface area (Å²) in [5.74, 6) is 3.16. The van der Waals surface area contributed by atoms with Crippen molar-refractivity contribution in [2.24, 2.45) is 0 Å². The molecule has 0 aliphatic carbocycles. The van der Waals surface area contributed by atoms with Crippen LogP contribution in [0.15, 0.2) is 23.1 Å². The second kappa shape index (κ2) is 7.93. The van der Waals surface area contributed by atoms with Gasteiger partial charge in [0, 0.05) is 0 Å². The lowest BCUT2D eigenvalue weighted by atomic mass is 10.1. The maximum Gasteiger partial charge on any atom is 0.294 e. The highest BCUT2D eigenvalue weighted by atomic mass is 32.2. The van der Waals surface area contributed by atoms with E-state index in [1.54, 1.807) is 25.3 Å². The Bertz CT molecular complexity index is 720. The number of carbonyl (C=O) groups excluding carboxylic acids is 2. The van der Waals surface area contributed by atoms with Crippen LogP contribution in [-0.2, 0) is 4.79 Å². The van der Waals surface area contributed by atoms with Gasteiger partial charge < -0.3 is 9.47 Å². The smallest absolute Gasteiger partial charge is 0.294 e. The summed E-state index contributed by atoms with van der Waals surface area (Å²) in [4.78, 5) is 25.4. The number of thioether (sulfide) groups is 1. The van der Waals surface area contributed by atoms with E-state index in [-0.39, 0.29) is 23.8 Å². The number of nitrogens with zero attached hydrogens (tertiary/aromatic N) is 1. The molecule has 0 aromatic heterocycles. The van der Waals surface area contributed by atoms with Crippen molar-refractivity contribution >= 4 is 29.0 Å². The van der Waals surface area contributed by atoms with Crippen molar-refractivity contribution in [2.75, 3.05) is 13.7 Å². The Morgan fingerprint density at radius 1 is 1.38 bits per heavy atom. The molecule has 6 heteroatoms. The van der Waals surface area contributed by atoms with Crippen LogP contribution < -0.4 is 9.47 Å². The average molecular weight is 345 g/mol. The molecule has 0 bridgehead atoms. The van der Waals surface area contributed by atoms with Gasteiger partial charge in [-0.05, 0) is 48.9 Å². The number of ether oxygens (including phenoxy) is 2. The first-order chi connectivity index (χ1) is 11.5. The van der Waals surface area contributed by atoms with E-state index in [9.17, 15) is 9.59 Å². The Morgan fingerprint density at radius 3 is 2.75 bits per heavy atom. The van der Waals surface area contributed by atoms with Gasteiger partial charge in [-0.3, -0.25) is 14.5 Å². The molecule has 126 valence electrons. The van der Waals surface area contributed by atoms with Crippen LogP contribution in [0.1, 0.15) is 25.8 Å². The fraction of sp³-hybridized carbons (Fsp3) is 0.333. The molecule has 2 amide bonds. The summed E-state index contributed by atoms with van der Waals surface area (Å²) in [6.45, 7) is 4.00. The molecule has 1 saturated heterocycles. The van der Waals surface area contributed by atoms with Crippen molar-refractivity contribution < 1.29 is 19.1 Å². The summed E-state index contributed by atoms with van der Waals surface area (Å²) in [5, 5.41) is -0.354. The normalized spacial score (nSPS) is 17.1. The fourth-order valence-electron chi connectivity index (χ4n) is 2.05. The number of hydrogen-bond acceptors (Lipinski definition) is 5. The van der Waals surface area contributed by atoms with Crippen molar-refractivity contribution in [3.8, 4) is 23.8 Å². The lowest BCUT2D eigenvalue weighted by molar-refractivity contribution is -0.122. The van der Waals surface area contributed by atoms with Crippen LogP contribution in [0.25, 0.3) is 6.08 Å². The van der Waals surface area contributed by atoms with Crippen LogP contribution in [0, 0.1) is 12.3 Å². The average Bonchev–Trinajstić information content (AvgIpc) is 2.83. The Labute approximate surface area is 146 Å². The Kier molecular flexibility index (Phi) is 5.93. The van der Waals surface area contributed by atoms with E-state index in [2.05, 4.69) is 5.92 Å². The number of terminal acetylenes is 1. The van der Waals surface area contributed by atoms with E-state index in [0.717, 1.165) is 28.6 Å². The van der Waals surface area contributed by atoms with Gasteiger partial charge in [-0.15, -0.1) is 6.42 Å². The molecular formula is C18H19NO4S. The number of carbonyl (C=O) groups is 2. The summed E-state index contributed by atoms with van der Waals surface area (Å²) in [7, 11) is 1.56. The first-order valence-electron chi connectivity index (χ1n) is 7.53. The van der Waals surface area contributed by atoms with Crippen molar-refractivity contribution in [1.29, 1.82) is 0 Å². The summed E-state index contributed by atoms with van der Waals surface area (Å²) in [5.41, 5.74) is 0.745. The number of amides is 2. The molecule has 0 unspecified atom stereocenters. The maximum atomic E-state index is 12.2. The van der Waals surface area contributed by atoms with E-state index < -0.39 is 0 Å². The van der Waals surface area contributed by atoms with Crippen LogP contribution in [0.4, 0.5) is 4.79 Å². The summed E-state index contributed by atoms with van der Waals surface area (Å²) >= 11 is 0.879. The molecule has 2 rings (SSSR count). The van der Waals surface area contributed by atoms with Crippen molar-refractivity contribution in [2.45, 2.75) is 26.4 Å². The van der Waals surface area contributed by atoms with Gasteiger partial charge in [0.05, 0.1) is 24.7 Å². The zero-order valence-corrected chi connectivity index (χ0v) is 14.7. The minimum atomic E-state index is -0.373. The molecule has 1 atom stereocenters. The van der Waals surface area contributed by atoms with Gasteiger partial charge in [0.2, 0.25) is 0 Å². The van der Waals surface area contributed by atoms with Gasteiger partial charge in [-0.25, -0.2) is 0 Å². The van der Waals surface area contributed by atoms with Crippen LogP contribution in [0.5, 0.6) is 11.5 Å². The van der Waals surface area contributed by atoms with Crippen molar-refractivity contribution in [1.82, 2.24) is 4.90 Å². The molecule has 1 aromatic carbocycles. The number of rotatable bonds is 6. The lowest BCUT2D eigenvalue weighted by Crippen LogP contribution is -2.28. The van der Waals surface area contributed by atoms with E-state index >= 15 is 0 Å². The Morgan fingerprint density at radius 2 is 2.12 bits per heavy atom. The molecule has 0 radical (unpaired) electrons. The van der Waals surface area contributed by atoms with E-state index in [0.29, 0.717) is 16.4 Å². The molecule has 0 spiro atoms. The minimum absolute atomic E-state index is 0.0208. The number of hydrogen-bond donors (Lipinski definition) is 0. The second-order valence-electron chi connectivity index (χ2n) is 5.22. The zero-order chi connectivity index (χ0) is 17.7. The van der Waals surface area contributed by atoms with E-state index in [1.807, 2.05) is 19.9 Å². The Balaban J connectivity index is 2.26. The van der Waals surface area contributed by atoms with Crippen molar-refractivity contribution in [3.05, 3.63) is 28.7 Å². The summed E-state index contributed by atoms with van der Waals surface area (Å²) in [6, 6.07) is 5.38. The molecule has 24 heavy (non-hydrogen) atoms. The van der Waals surface area contributed by atoms with Gasteiger partial charge in [0.15, 0.2) is 11.5 Å². The maximum absolute atomic E-state index is 12.2. The molecule has 5 nitrogen and oxygen atoms in total. The van der Waals surface area contributed by atoms with Gasteiger partial charge in [-0.1, -0.05) is 18.9 Å². The van der Waals surface area contributed by atoms with Crippen LogP contribution in [0.2, 0.25) is 0 Å². The highest BCUT2D eigenvalue weighted by molar-refractivity contribution is 8.18. The third kappa shape index (κ3) is 3.92. The van der Waals surface area contributed by atoms with Crippen molar-refractivity contribution in [3.63, 3.8) is 0 Å². The molecule has 1 aliphatic heterocycles. The third-order valence-electron chi connectivity index (χ3n) is 3.51. The fourth-order valence-corrected chi connectivity index (χ4v) is 2.89. The van der Waals surface area contributed by atoms with Gasteiger partial charge in [0.1, 0.15) is 0 Å². The molecule has 1 heterocycles. The topological polar surface area (TPSA) is 55.8 Å². The number of benzene rings is 1. The van der Waals surface area contributed by atoms with E-state index in [4.69, 9.17) is 15.9 Å².